The standard InChI is InChI=1S/C14H23ClN2S/c1-2-8-17(10-12-4-3-7-16-9-12)11-13-5-6-14(15)18-13/h5-6,12,16H,2-4,7-11H2,1H3. The smallest absolute Gasteiger partial charge is 0.0931 e. The molecule has 0 aliphatic carbocycles. The van der Waals surface area contributed by atoms with Gasteiger partial charge in [0.2, 0.25) is 0 Å². The van der Waals surface area contributed by atoms with Gasteiger partial charge < -0.3 is 5.32 Å². The van der Waals surface area contributed by atoms with Crippen LogP contribution in [0.25, 0.3) is 0 Å². The molecule has 0 saturated carbocycles. The molecule has 2 heterocycles. The summed E-state index contributed by atoms with van der Waals surface area (Å²) in [6.45, 7) is 8.11. The molecular formula is C14H23ClN2S. The Bertz CT molecular complexity index is 347. The third-order valence-corrected chi connectivity index (χ3v) is 4.68. The number of nitrogens with zero attached hydrogens (tertiary/aromatic N) is 1. The van der Waals surface area contributed by atoms with Crippen LogP contribution in [0.2, 0.25) is 4.34 Å². The molecule has 2 rings (SSSR count). The van der Waals surface area contributed by atoms with E-state index in [1.807, 2.05) is 6.07 Å². The van der Waals surface area contributed by atoms with E-state index in [1.54, 1.807) is 11.3 Å². The first-order valence-corrected chi connectivity index (χ1v) is 8.14. The van der Waals surface area contributed by atoms with E-state index in [4.69, 9.17) is 11.6 Å². The number of rotatable bonds is 6. The first-order valence-electron chi connectivity index (χ1n) is 6.95. The van der Waals surface area contributed by atoms with E-state index < -0.39 is 0 Å². The largest absolute Gasteiger partial charge is 0.316 e. The van der Waals surface area contributed by atoms with Gasteiger partial charge in [0.25, 0.3) is 0 Å². The van der Waals surface area contributed by atoms with E-state index in [0.717, 1.165) is 16.8 Å². The molecular weight excluding hydrogens is 264 g/mol. The van der Waals surface area contributed by atoms with E-state index in [-0.39, 0.29) is 0 Å². The van der Waals surface area contributed by atoms with Crippen molar-refractivity contribution in [2.45, 2.75) is 32.7 Å². The molecule has 0 amide bonds. The summed E-state index contributed by atoms with van der Waals surface area (Å²) < 4.78 is 0.904. The van der Waals surface area contributed by atoms with Gasteiger partial charge in [-0.2, -0.15) is 0 Å². The average Bonchev–Trinajstić information content (AvgIpc) is 2.76. The van der Waals surface area contributed by atoms with Gasteiger partial charge in [-0.3, -0.25) is 4.90 Å². The van der Waals surface area contributed by atoms with E-state index in [2.05, 4.69) is 23.2 Å². The molecule has 1 aliphatic rings. The molecule has 1 N–H and O–H groups in total. The third kappa shape index (κ3) is 4.54. The number of thiophene rings is 1. The molecule has 4 heteroatoms. The zero-order valence-corrected chi connectivity index (χ0v) is 12.7. The molecule has 1 fully saturated rings. The lowest BCUT2D eigenvalue weighted by Gasteiger charge is -2.29. The second-order valence-corrected chi connectivity index (χ2v) is 6.95. The lowest BCUT2D eigenvalue weighted by molar-refractivity contribution is 0.203. The Balaban J connectivity index is 1.86. The van der Waals surface area contributed by atoms with Crippen molar-refractivity contribution < 1.29 is 0 Å². The quantitative estimate of drug-likeness (QED) is 0.859. The number of halogens is 1. The predicted octanol–water partition coefficient (Wildman–Crippen LogP) is 3.61. The SMILES string of the molecule is CCCN(Cc1ccc(Cl)s1)CC1CCCNC1. The summed E-state index contributed by atoms with van der Waals surface area (Å²) in [6, 6.07) is 4.17. The van der Waals surface area contributed by atoms with Crippen molar-refractivity contribution >= 4 is 22.9 Å². The lowest BCUT2D eigenvalue weighted by atomic mass is 9.99. The van der Waals surface area contributed by atoms with E-state index >= 15 is 0 Å². The van der Waals surface area contributed by atoms with Gasteiger partial charge in [-0.25, -0.2) is 0 Å². The first kappa shape index (κ1) is 14.3. The minimum absolute atomic E-state index is 0.820. The summed E-state index contributed by atoms with van der Waals surface area (Å²) in [7, 11) is 0. The van der Waals surface area contributed by atoms with Crippen molar-refractivity contribution in [3.05, 3.63) is 21.3 Å². The molecule has 102 valence electrons. The van der Waals surface area contributed by atoms with Crippen LogP contribution in [-0.4, -0.2) is 31.1 Å². The van der Waals surface area contributed by atoms with Crippen LogP contribution in [0.15, 0.2) is 12.1 Å². The lowest BCUT2D eigenvalue weighted by Crippen LogP contribution is -2.38. The molecule has 1 aliphatic heterocycles. The molecule has 0 spiro atoms. The van der Waals surface area contributed by atoms with Gasteiger partial charge >= 0.3 is 0 Å². The second kappa shape index (κ2) is 7.49. The molecule has 0 bridgehead atoms. The van der Waals surface area contributed by atoms with Crippen LogP contribution in [0, 0.1) is 5.92 Å². The third-order valence-electron chi connectivity index (χ3n) is 3.46. The second-order valence-electron chi connectivity index (χ2n) is 5.15. The number of piperidine rings is 1. The summed E-state index contributed by atoms with van der Waals surface area (Å²) in [5, 5.41) is 3.51. The van der Waals surface area contributed by atoms with E-state index in [0.29, 0.717) is 0 Å². The minimum Gasteiger partial charge on any atom is -0.316 e. The first-order chi connectivity index (χ1) is 8.78. The molecule has 0 aromatic carbocycles. The van der Waals surface area contributed by atoms with Crippen LogP contribution >= 0.6 is 22.9 Å². The molecule has 1 aromatic heterocycles. The highest BCUT2D eigenvalue weighted by atomic mass is 35.5. The van der Waals surface area contributed by atoms with E-state index in [9.17, 15) is 0 Å². The van der Waals surface area contributed by atoms with Crippen LogP contribution in [-0.2, 0) is 6.54 Å². The zero-order valence-electron chi connectivity index (χ0n) is 11.1. The van der Waals surface area contributed by atoms with Crippen molar-refractivity contribution in [3.8, 4) is 0 Å². The van der Waals surface area contributed by atoms with Crippen molar-refractivity contribution in [1.29, 1.82) is 0 Å². The molecule has 1 unspecified atom stereocenters. The fraction of sp³-hybridized carbons (Fsp3) is 0.714. The van der Waals surface area contributed by atoms with Gasteiger partial charge in [0, 0.05) is 18.0 Å². The Hall–Kier alpha value is -0.0900. The van der Waals surface area contributed by atoms with Gasteiger partial charge in [0.1, 0.15) is 0 Å². The van der Waals surface area contributed by atoms with Gasteiger partial charge in [0.15, 0.2) is 0 Å². The van der Waals surface area contributed by atoms with E-state index in [1.165, 1.54) is 50.3 Å². The highest BCUT2D eigenvalue weighted by Crippen LogP contribution is 2.23. The fourth-order valence-electron chi connectivity index (χ4n) is 2.65. The maximum atomic E-state index is 6.00. The van der Waals surface area contributed by atoms with Gasteiger partial charge in [-0.15, -0.1) is 11.3 Å². The molecule has 1 saturated heterocycles. The Morgan fingerprint density at radius 1 is 1.50 bits per heavy atom. The average molecular weight is 287 g/mol. The maximum absolute atomic E-state index is 6.00. The highest BCUT2D eigenvalue weighted by molar-refractivity contribution is 7.16. The molecule has 1 aromatic rings. The molecule has 18 heavy (non-hydrogen) atoms. The summed E-state index contributed by atoms with van der Waals surface area (Å²) in [4.78, 5) is 3.97. The monoisotopic (exact) mass is 286 g/mol. The van der Waals surface area contributed by atoms with Crippen molar-refractivity contribution in [2.75, 3.05) is 26.2 Å². The zero-order chi connectivity index (χ0) is 12.8. The summed E-state index contributed by atoms with van der Waals surface area (Å²) in [5.41, 5.74) is 0. The Kier molecular flexibility index (Phi) is 5.96. The number of hydrogen-bond donors (Lipinski definition) is 1. The normalized spacial score (nSPS) is 20.5. The molecule has 2 nitrogen and oxygen atoms in total. The van der Waals surface area contributed by atoms with Crippen LogP contribution in [0.4, 0.5) is 0 Å². The van der Waals surface area contributed by atoms with Gasteiger partial charge in [-0.05, 0) is 56.9 Å². The fourth-order valence-corrected chi connectivity index (χ4v) is 3.78. The maximum Gasteiger partial charge on any atom is 0.0931 e. The van der Waals surface area contributed by atoms with Crippen LogP contribution in [0.5, 0.6) is 0 Å². The summed E-state index contributed by atoms with van der Waals surface area (Å²) in [6.07, 6.45) is 3.92. The minimum atomic E-state index is 0.820. The van der Waals surface area contributed by atoms with Crippen molar-refractivity contribution in [2.24, 2.45) is 5.92 Å². The van der Waals surface area contributed by atoms with Crippen molar-refractivity contribution in [1.82, 2.24) is 10.2 Å². The van der Waals surface area contributed by atoms with Crippen LogP contribution < -0.4 is 5.32 Å². The Morgan fingerprint density at radius 3 is 3.00 bits per heavy atom. The number of nitrogens with one attached hydrogen (secondary N) is 1. The Labute approximate surface area is 119 Å². The Morgan fingerprint density at radius 2 is 2.39 bits per heavy atom. The van der Waals surface area contributed by atoms with Gasteiger partial charge in [0.05, 0.1) is 4.34 Å². The topological polar surface area (TPSA) is 15.3 Å². The highest BCUT2D eigenvalue weighted by Gasteiger charge is 2.17. The van der Waals surface area contributed by atoms with Gasteiger partial charge in [-0.1, -0.05) is 18.5 Å². The van der Waals surface area contributed by atoms with Crippen LogP contribution in [0.3, 0.4) is 0 Å². The summed E-state index contributed by atoms with van der Waals surface area (Å²) in [5.74, 6) is 0.820. The predicted molar refractivity (Wildman–Crippen MR) is 80.5 cm³/mol. The summed E-state index contributed by atoms with van der Waals surface area (Å²) >= 11 is 7.71. The van der Waals surface area contributed by atoms with Crippen molar-refractivity contribution in [3.63, 3.8) is 0 Å². The molecule has 0 radical (unpaired) electrons. The van der Waals surface area contributed by atoms with Crippen LogP contribution in [0.1, 0.15) is 31.1 Å². The number of hydrogen-bond acceptors (Lipinski definition) is 3. The molecule has 1 atom stereocenters.